The molecular formula is C22H22N6. The van der Waals surface area contributed by atoms with Crippen LogP contribution in [0.1, 0.15) is 37.2 Å². The van der Waals surface area contributed by atoms with Crippen LogP contribution in [0.2, 0.25) is 0 Å². The van der Waals surface area contributed by atoms with Crippen molar-refractivity contribution >= 4 is 22.5 Å². The number of fused-ring (bicyclic) bond motifs is 1. The monoisotopic (exact) mass is 370 g/mol. The van der Waals surface area contributed by atoms with Gasteiger partial charge in [0.2, 0.25) is 0 Å². The first-order chi connectivity index (χ1) is 13.7. The van der Waals surface area contributed by atoms with Gasteiger partial charge in [0.05, 0.1) is 11.0 Å². The Kier molecular flexibility index (Phi) is 4.04. The maximum Gasteiger partial charge on any atom is 0.161 e. The Morgan fingerprint density at radius 1 is 1.04 bits per heavy atom. The molecule has 1 aliphatic rings. The zero-order valence-corrected chi connectivity index (χ0v) is 16.1. The van der Waals surface area contributed by atoms with Gasteiger partial charge in [-0.1, -0.05) is 6.92 Å². The van der Waals surface area contributed by atoms with Crippen molar-refractivity contribution in [1.82, 2.24) is 24.5 Å². The van der Waals surface area contributed by atoms with Crippen LogP contribution in [-0.2, 0) is 13.5 Å². The summed E-state index contributed by atoms with van der Waals surface area (Å²) in [6, 6.07) is 12.2. The van der Waals surface area contributed by atoms with Crippen molar-refractivity contribution < 1.29 is 0 Å². The van der Waals surface area contributed by atoms with Gasteiger partial charge in [-0.15, -0.1) is 0 Å². The van der Waals surface area contributed by atoms with Crippen LogP contribution in [-0.4, -0.2) is 24.5 Å². The van der Waals surface area contributed by atoms with Crippen molar-refractivity contribution in [2.75, 3.05) is 5.32 Å². The fourth-order valence-electron chi connectivity index (χ4n) is 3.52. The van der Waals surface area contributed by atoms with Gasteiger partial charge >= 0.3 is 0 Å². The van der Waals surface area contributed by atoms with Gasteiger partial charge in [-0.2, -0.15) is 0 Å². The first kappa shape index (κ1) is 16.9. The zero-order valence-electron chi connectivity index (χ0n) is 16.1. The van der Waals surface area contributed by atoms with E-state index in [1.54, 1.807) is 12.4 Å². The molecule has 4 aromatic rings. The molecule has 0 spiro atoms. The third kappa shape index (κ3) is 3.11. The number of hydrogen-bond acceptors (Lipinski definition) is 5. The van der Waals surface area contributed by atoms with Crippen LogP contribution >= 0.6 is 0 Å². The van der Waals surface area contributed by atoms with Crippen LogP contribution in [0.3, 0.4) is 0 Å². The second-order valence-corrected chi connectivity index (χ2v) is 7.29. The second-order valence-electron chi connectivity index (χ2n) is 7.29. The summed E-state index contributed by atoms with van der Waals surface area (Å²) in [4.78, 5) is 18.3. The number of aromatic nitrogens is 5. The number of imidazole rings is 1. The van der Waals surface area contributed by atoms with E-state index >= 15 is 0 Å². The minimum Gasteiger partial charge on any atom is -0.340 e. The van der Waals surface area contributed by atoms with E-state index in [0.29, 0.717) is 11.7 Å². The number of aryl methyl sites for hydroxylation is 2. The van der Waals surface area contributed by atoms with E-state index in [2.05, 4.69) is 52.0 Å². The summed E-state index contributed by atoms with van der Waals surface area (Å²) in [7, 11) is 2.11. The Balaban J connectivity index is 1.50. The SMILES string of the molecule is CCc1cc(Nc2ccc3c(c2)nc(C2CC2)n3C)nc(-c2ccncc2)n1. The highest BCUT2D eigenvalue weighted by atomic mass is 15.1. The molecule has 0 radical (unpaired) electrons. The Labute approximate surface area is 163 Å². The second kappa shape index (κ2) is 6.71. The van der Waals surface area contributed by atoms with Crippen LogP contribution in [0.4, 0.5) is 11.5 Å². The first-order valence-corrected chi connectivity index (χ1v) is 9.73. The largest absolute Gasteiger partial charge is 0.340 e. The molecule has 6 nitrogen and oxygen atoms in total. The predicted molar refractivity (Wildman–Crippen MR) is 111 cm³/mol. The molecule has 1 aromatic carbocycles. The van der Waals surface area contributed by atoms with Crippen LogP contribution in [0.15, 0.2) is 48.8 Å². The van der Waals surface area contributed by atoms with Crippen molar-refractivity contribution in [3.8, 4) is 11.4 Å². The number of pyridine rings is 1. The summed E-state index contributed by atoms with van der Waals surface area (Å²) in [5.74, 6) is 3.32. The molecule has 3 aromatic heterocycles. The number of nitrogens with one attached hydrogen (secondary N) is 1. The molecule has 1 aliphatic carbocycles. The lowest BCUT2D eigenvalue weighted by atomic mass is 10.2. The number of nitrogens with zero attached hydrogens (tertiary/aromatic N) is 5. The highest BCUT2D eigenvalue weighted by Crippen LogP contribution is 2.40. The van der Waals surface area contributed by atoms with E-state index < -0.39 is 0 Å². The van der Waals surface area contributed by atoms with Crippen molar-refractivity contribution in [2.45, 2.75) is 32.1 Å². The standard InChI is InChI=1S/C22H22N6/c1-3-16-13-20(27-21(25-16)14-8-10-23-11-9-14)24-17-6-7-19-18(12-17)26-22(28(19)2)15-4-5-15/h6-13,15H,3-5H2,1-2H3,(H,24,25,27). The number of anilines is 2. The summed E-state index contributed by atoms with van der Waals surface area (Å²) in [5.41, 5.74) is 5.13. The van der Waals surface area contributed by atoms with Gasteiger partial charge in [-0.05, 0) is 49.6 Å². The Morgan fingerprint density at radius 2 is 1.86 bits per heavy atom. The van der Waals surface area contributed by atoms with Crippen LogP contribution < -0.4 is 5.32 Å². The summed E-state index contributed by atoms with van der Waals surface area (Å²) in [6.45, 7) is 2.10. The van der Waals surface area contributed by atoms with Gasteiger partial charge in [0, 0.05) is 48.4 Å². The third-order valence-corrected chi connectivity index (χ3v) is 5.21. The van der Waals surface area contributed by atoms with Gasteiger partial charge in [-0.3, -0.25) is 4.98 Å². The average molecular weight is 370 g/mol. The topological polar surface area (TPSA) is 68.5 Å². The minimum absolute atomic E-state index is 0.630. The van der Waals surface area contributed by atoms with Crippen molar-refractivity contribution in [1.29, 1.82) is 0 Å². The number of hydrogen-bond donors (Lipinski definition) is 1. The first-order valence-electron chi connectivity index (χ1n) is 9.73. The van der Waals surface area contributed by atoms with Crippen molar-refractivity contribution in [3.63, 3.8) is 0 Å². The molecule has 0 atom stereocenters. The number of rotatable bonds is 5. The molecule has 0 saturated heterocycles. The maximum atomic E-state index is 4.86. The Morgan fingerprint density at radius 3 is 2.61 bits per heavy atom. The summed E-state index contributed by atoms with van der Waals surface area (Å²) in [5, 5.41) is 3.44. The minimum atomic E-state index is 0.630. The van der Waals surface area contributed by atoms with Gasteiger partial charge < -0.3 is 9.88 Å². The molecule has 140 valence electrons. The highest BCUT2D eigenvalue weighted by Gasteiger charge is 2.28. The summed E-state index contributed by atoms with van der Waals surface area (Å²) >= 11 is 0. The van der Waals surface area contributed by atoms with E-state index in [-0.39, 0.29) is 0 Å². The van der Waals surface area contributed by atoms with E-state index in [0.717, 1.165) is 34.7 Å². The average Bonchev–Trinajstić information content (AvgIpc) is 3.52. The van der Waals surface area contributed by atoms with E-state index in [9.17, 15) is 0 Å². The van der Waals surface area contributed by atoms with Crippen molar-refractivity contribution in [2.24, 2.45) is 7.05 Å². The molecule has 28 heavy (non-hydrogen) atoms. The highest BCUT2D eigenvalue weighted by molar-refractivity contribution is 5.81. The van der Waals surface area contributed by atoms with Gasteiger partial charge in [0.15, 0.2) is 5.82 Å². The fraction of sp³-hybridized carbons (Fsp3) is 0.273. The van der Waals surface area contributed by atoms with E-state index in [1.165, 1.54) is 24.2 Å². The van der Waals surface area contributed by atoms with Crippen LogP contribution in [0, 0.1) is 0 Å². The molecule has 3 heterocycles. The molecule has 0 bridgehead atoms. The smallest absolute Gasteiger partial charge is 0.161 e. The Hall–Kier alpha value is -3.28. The van der Waals surface area contributed by atoms with E-state index in [1.807, 2.05) is 18.2 Å². The van der Waals surface area contributed by atoms with E-state index in [4.69, 9.17) is 9.97 Å². The molecule has 5 rings (SSSR count). The quantitative estimate of drug-likeness (QED) is 0.556. The van der Waals surface area contributed by atoms with Crippen LogP contribution in [0.5, 0.6) is 0 Å². The zero-order chi connectivity index (χ0) is 19.1. The van der Waals surface area contributed by atoms with Gasteiger partial charge in [-0.25, -0.2) is 15.0 Å². The van der Waals surface area contributed by atoms with Crippen molar-refractivity contribution in [3.05, 3.63) is 60.3 Å². The maximum absolute atomic E-state index is 4.86. The summed E-state index contributed by atoms with van der Waals surface area (Å²) in [6.07, 6.45) is 6.87. The predicted octanol–water partition coefficient (Wildman–Crippen LogP) is 4.61. The molecule has 0 unspecified atom stereocenters. The van der Waals surface area contributed by atoms with Gasteiger partial charge in [0.25, 0.3) is 0 Å². The molecule has 0 amide bonds. The lowest BCUT2D eigenvalue weighted by Gasteiger charge is -2.10. The molecule has 1 N–H and O–H groups in total. The number of benzene rings is 1. The van der Waals surface area contributed by atoms with Gasteiger partial charge in [0.1, 0.15) is 11.6 Å². The Bertz CT molecular complexity index is 1140. The van der Waals surface area contributed by atoms with Crippen LogP contribution in [0.25, 0.3) is 22.4 Å². The lowest BCUT2D eigenvalue weighted by molar-refractivity contribution is 0.820. The summed E-state index contributed by atoms with van der Waals surface area (Å²) < 4.78 is 2.22. The normalized spacial score (nSPS) is 13.8. The lowest BCUT2D eigenvalue weighted by Crippen LogP contribution is -2.01. The third-order valence-electron chi connectivity index (χ3n) is 5.21. The molecule has 1 fully saturated rings. The molecule has 0 aliphatic heterocycles. The fourth-order valence-corrected chi connectivity index (χ4v) is 3.52. The molecular weight excluding hydrogens is 348 g/mol. The molecule has 6 heteroatoms. The molecule has 1 saturated carbocycles.